The maximum atomic E-state index is 14.0. The van der Waals surface area contributed by atoms with E-state index in [1.54, 1.807) is 12.1 Å². The molecule has 1 aliphatic rings. The smallest absolute Gasteiger partial charge is 0.151 e. The number of likely N-dealkylation sites (N-methyl/N-ethyl adjacent to an activating group) is 1. The summed E-state index contributed by atoms with van der Waals surface area (Å²) in [6, 6.07) is 6.80. The molecule has 1 atom stereocenters. The summed E-state index contributed by atoms with van der Waals surface area (Å²) in [5, 5.41) is 12.3. The van der Waals surface area contributed by atoms with Gasteiger partial charge in [0.05, 0.1) is 5.69 Å². The Hall–Kier alpha value is -1.72. The first-order chi connectivity index (χ1) is 11.0. The number of hydrogen-bond donors (Lipinski definition) is 1. The lowest BCUT2D eigenvalue weighted by Crippen LogP contribution is -2.40. The number of anilines is 1. The molecule has 122 valence electrons. The predicted molar refractivity (Wildman–Crippen MR) is 91.3 cm³/mol. The molecule has 0 amide bonds. The fraction of sp³-hybridized carbons (Fsp3) is 0.412. The minimum Gasteiger partial charge on any atom is -0.364 e. The number of likely N-dealkylation sites (tertiary alicyclic amines) is 1. The third-order valence-corrected chi connectivity index (χ3v) is 4.39. The molecule has 4 nitrogen and oxygen atoms in total. The van der Waals surface area contributed by atoms with Gasteiger partial charge in [-0.25, -0.2) is 4.39 Å². The zero-order valence-corrected chi connectivity index (χ0v) is 14.1. The van der Waals surface area contributed by atoms with Gasteiger partial charge in [-0.15, -0.1) is 10.2 Å². The molecule has 23 heavy (non-hydrogen) atoms. The lowest BCUT2D eigenvalue weighted by atomic mass is 10.1. The molecule has 2 aromatic rings. The summed E-state index contributed by atoms with van der Waals surface area (Å²) >= 11 is 5.79. The van der Waals surface area contributed by atoms with Gasteiger partial charge in [-0.05, 0) is 63.2 Å². The van der Waals surface area contributed by atoms with E-state index in [1.165, 1.54) is 12.5 Å². The summed E-state index contributed by atoms with van der Waals surface area (Å²) in [6.45, 7) is 4.09. The molecule has 0 bridgehead atoms. The van der Waals surface area contributed by atoms with Gasteiger partial charge in [0.15, 0.2) is 5.82 Å². The summed E-state index contributed by atoms with van der Waals surface area (Å²) in [5.41, 5.74) is 1.88. The van der Waals surface area contributed by atoms with Crippen molar-refractivity contribution in [1.29, 1.82) is 0 Å². The molecule has 0 aliphatic carbocycles. The van der Waals surface area contributed by atoms with Crippen LogP contribution >= 0.6 is 11.6 Å². The second-order valence-electron chi connectivity index (χ2n) is 6.13. The number of aryl methyl sites for hydroxylation is 1. The van der Waals surface area contributed by atoms with Crippen LogP contribution in [-0.4, -0.2) is 41.3 Å². The highest BCUT2D eigenvalue weighted by Gasteiger charge is 2.18. The Kier molecular flexibility index (Phi) is 4.78. The van der Waals surface area contributed by atoms with Gasteiger partial charge in [0, 0.05) is 23.2 Å². The molecule has 1 aliphatic heterocycles. The lowest BCUT2D eigenvalue weighted by Gasteiger charge is -2.30. The molecule has 1 fully saturated rings. The van der Waals surface area contributed by atoms with E-state index >= 15 is 0 Å². The van der Waals surface area contributed by atoms with Crippen LogP contribution in [0.5, 0.6) is 0 Å². The fourth-order valence-electron chi connectivity index (χ4n) is 2.93. The molecule has 0 spiro atoms. The van der Waals surface area contributed by atoms with Crippen molar-refractivity contribution in [2.45, 2.75) is 25.8 Å². The SMILES string of the molecule is Cc1cc(-c2ccc(Cl)cc2F)nnc1N[C@@H]1CCCN(C)C1. The molecule has 1 aromatic heterocycles. The predicted octanol–water partition coefficient (Wildman–Crippen LogP) is 3.75. The van der Waals surface area contributed by atoms with E-state index in [9.17, 15) is 4.39 Å². The summed E-state index contributed by atoms with van der Waals surface area (Å²) in [6.07, 6.45) is 2.30. The first-order valence-electron chi connectivity index (χ1n) is 7.78. The van der Waals surface area contributed by atoms with Gasteiger partial charge in [-0.1, -0.05) is 11.6 Å². The van der Waals surface area contributed by atoms with E-state index in [2.05, 4.69) is 27.5 Å². The van der Waals surface area contributed by atoms with E-state index in [4.69, 9.17) is 11.6 Å². The number of halogens is 2. The minimum absolute atomic E-state index is 0.371. The van der Waals surface area contributed by atoms with Gasteiger partial charge >= 0.3 is 0 Å². The Morgan fingerprint density at radius 1 is 1.30 bits per heavy atom. The second kappa shape index (κ2) is 6.81. The lowest BCUT2D eigenvalue weighted by molar-refractivity contribution is 0.260. The molecular formula is C17H20ClFN4. The average Bonchev–Trinajstić information content (AvgIpc) is 2.49. The van der Waals surface area contributed by atoms with Gasteiger partial charge in [-0.3, -0.25) is 0 Å². The largest absolute Gasteiger partial charge is 0.364 e. The fourth-order valence-corrected chi connectivity index (χ4v) is 3.09. The van der Waals surface area contributed by atoms with Crippen LogP contribution in [0.4, 0.5) is 10.2 Å². The highest BCUT2D eigenvalue weighted by atomic mass is 35.5. The molecule has 0 radical (unpaired) electrons. The summed E-state index contributed by atoms with van der Waals surface area (Å²) < 4.78 is 14.0. The van der Waals surface area contributed by atoms with Crippen LogP contribution in [0.25, 0.3) is 11.3 Å². The maximum absolute atomic E-state index is 14.0. The highest BCUT2D eigenvalue weighted by Crippen LogP contribution is 2.26. The van der Waals surface area contributed by atoms with Crippen LogP contribution in [0.1, 0.15) is 18.4 Å². The quantitative estimate of drug-likeness (QED) is 0.928. The van der Waals surface area contributed by atoms with Crippen LogP contribution in [-0.2, 0) is 0 Å². The van der Waals surface area contributed by atoms with Crippen molar-refractivity contribution in [1.82, 2.24) is 15.1 Å². The van der Waals surface area contributed by atoms with Crippen molar-refractivity contribution < 1.29 is 4.39 Å². The standard InChI is InChI=1S/C17H20ClFN4/c1-11-8-16(14-6-5-12(18)9-15(14)19)21-22-17(11)20-13-4-3-7-23(2)10-13/h5-6,8-9,13H,3-4,7,10H2,1-2H3,(H,20,22)/t13-/m1/s1. The first-order valence-corrected chi connectivity index (χ1v) is 8.15. The maximum Gasteiger partial charge on any atom is 0.151 e. The number of nitrogens with zero attached hydrogens (tertiary/aromatic N) is 3. The van der Waals surface area contributed by atoms with Crippen LogP contribution in [0.2, 0.25) is 5.02 Å². The van der Waals surface area contributed by atoms with Crippen molar-refractivity contribution in [2.24, 2.45) is 0 Å². The second-order valence-corrected chi connectivity index (χ2v) is 6.57. The average molecular weight is 335 g/mol. The molecule has 3 rings (SSSR count). The van der Waals surface area contributed by atoms with Crippen molar-refractivity contribution in [2.75, 3.05) is 25.5 Å². The highest BCUT2D eigenvalue weighted by molar-refractivity contribution is 6.30. The molecule has 0 saturated carbocycles. The zero-order chi connectivity index (χ0) is 16.4. The normalized spacial score (nSPS) is 18.9. The molecule has 1 N–H and O–H groups in total. The first kappa shape index (κ1) is 16.1. The third-order valence-electron chi connectivity index (χ3n) is 4.16. The van der Waals surface area contributed by atoms with E-state index in [-0.39, 0.29) is 5.82 Å². The number of nitrogens with one attached hydrogen (secondary N) is 1. The Labute approximate surface area is 140 Å². The van der Waals surface area contributed by atoms with Gasteiger partial charge in [0.1, 0.15) is 5.82 Å². The van der Waals surface area contributed by atoms with Gasteiger partial charge < -0.3 is 10.2 Å². The number of aromatic nitrogens is 2. The Morgan fingerprint density at radius 3 is 2.83 bits per heavy atom. The monoisotopic (exact) mass is 334 g/mol. The Morgan fingerprint density at radius 2 is 2.13 bits per heavy atom. The number of piperidine rings is 1. The molecule has 6 heteroatoms. The van der Waals surface area contributed by atoms with E-state index < -0.39 is 0 Å². The third kappa shape index (κ3) is 3.79. The topological polar surface area (TPSA) is 41.1 Å². The van der Waals surface area contributed by atoms with Crippen LogP contribution in [0.15, 0.2) is 24.3 Å². The van der Waals surface area contributed by atoms with E-state index in [0.29, 0.717) is 22.3 Å². The molecule has 0 unspecified atom stereocenters. The Bertz CT molecular complexity index is 707. The van der Waals surface area contributed by atoms with E-state index in [1.807, 2.05) is 13.0 Å². The van der Waals surface area contributed by atoms with Gasteiger partial charge in [-0.2, -0.15) is 0 Å². The zero-order valence-electron chi connectivity index (χ0n) is 13.3. The van der Waals surface area contributed by atoms with Crippen molar-refractivity contribution >= 4 is 17.4 Å². The van der Waals surface area contributed by atoms with Crippen LogP contribution < -0.4 is 5.32 Å². The number of rotatable bonds is 3. The van der Waals surface area contributed by atoms with Gasteiger partial charge in [0.25, 0.3) is 0 Å². The molecule has 2 heterocycles. The summed E-state index contributed by atoms with van der Waals surface area (Å²) in [4.78, 5) is 2.31. The van der Waals surface area contributed by atoms with Crippen LogP contribution in [0, 0.1) is 12.7 Å². The number of benzene rings is 1. The molecule has 1 saturated heterocycles. The van der Waals surface area contributed by atoms with Gasteiger partial charge in [0.2, 0.25) is 0 Å². The Balaban J connectivity index is 1.80. The summed E-state index contributed by atoms with van der Waals surface area (Å²) in [7, 11) is 2.12. The number of hydrogen-bond acceptors (Lipinski definition) is 4. The molecule has 1 aromatic carbocycles. The van der Waals surface area contributed by atoms with Crippen LogP contribution in [0.3, 0.4) is 0 Å². The minimum atomic E-state index is -0.388. The van der Waals surface area contributed by atoms with E-state index in [0.717, 1.165) is 30.9 Å². The van der Waals surface area contributed by atoms with Crippen molar-refractivity contribution in [3.05, 3.63) is 40.7 Å². The van der Waals surface area contributed by atoms with Crippen molar-refractivity contribution in [3.8, 4) is 11.3 Å². The summed E-state index contributed by atoms with van der Waals surface area (Å²) in [5.74, 6) is 0.379. The molecular weight excluding hydrogens is 315 g/mol. The van der Waals surface area contributed by atoms with Crippen molar-refractivity contribution in [3.63, 3.8) is 0 Å².